The topological polar surface area (TPSA) is 56.7 Å². The van der Waals surface area contributed by atoms with Gasteiger partial charge in [-0.25, -0.2) is 13.8 Å². The fourth-order valence-electron chi connectivity index (χ4n) is 1.95. The molecule has 0 saturated heterocycles. The summed E-state index contributed by atoms with van der Waals surface area (Å²) in [5.41, 5.74) is 1.58. The lowest BCUT2D eigenvalue weighted by Crippen LogP contribution is -2.36. The molecule has 0 bridgehead atoms. The zero-order valence-corrected chi connectivity index (χ0v) is 15.6. The standard InChI is InChI=1S/C17H19F2N3O.HI/c1-2-20-17(21-10-12-3-6-14(18)7-4-12)22-11-13-5-8-16(23)15(19)9-13;/h3-9,23H,2,10-11H2,1H3,(H2,20,21,22);1H. The van der Waals surface area contributed by atoms with Crippen LogP contribution < -0.4 is 10.6 Å². The minimum atomic E-state index is -0.665. The largest absolute Gasteiger partial charge is 0.505 e. The Hall–Kier alpha value is -1.90. The zero-order valence-electron chi connectivity index (χ0n) is 13.2. The van der Waals surface area contributed by atoms with Gasteiger partial charge >= 0.3 is 0 Å². The van der Waals surface area contributed by atoms with Gasteiger partial charge in [-0.3, -0.25) is 0 Å². The molecule has 0 unspecified atom stereocenters. The van der Waals surface area contributed by atoms with Crippen molar-refractivity contribution in [3.8, 4) is 5.75 Å². The summed E-state index contributed by atoms with van der Waals surface area (Å²) in [6.45, 7) is 3.39. The van der Waals surface area contributed by atoms with Crippen molar-refractivity contribution >= 4 is 29.9 Å². The maximum atomic E-state index is 13.3. The summed E-state index contributed by atoms with van der Waals surface area (Å²) in [5.74, 6) is -0.741. The van der Waals surface area contributed by atoms with Crippen LogP contribution >= 0.6 is 24.0 Å². The highest BCUT2D eigenvalue weighted by Gasteiger charge is 2.02. The van der Waals surface area contributed by atoms with Crippen LogP contribution in [0.25, 0.3) is 0 Å². The monoisotopic (exact) mass is 447 g/mol. The Kier molecular flexibility index (Phi) is 8.45. The van der Waals surface area contributed by atoms with Crippen molar-refractivity contribution in [3.05, 3.63) is 65.2 Å². The lowest BCUT2D eigenvalue weighted by Gasteiger charge is -2.11. The zero-order chi connectivity index (χ0) is 16.7. The molecule has 0 spiro atoms. The molecule has 24 heavy (non-hydrogen) atoms. The molecule has 2 rings (SSSR count). The fraction of sp³-hybridized carbons (Fsp3) is 0.235. The van der Waals surface area contributed by atoms with Gasteiger partial charge in [0, 0.05) is 13.1 Å². The highest BCUT2D eigenvalue weighted by Crippen LogP contribution is 2.16. The Morgan fingerprint density at radius 1 is 1.04 bits per heavy atom. The third-order valence-electron chi connectivity index (χ3n) is 3.15. The van der Waals surface area contributed by atoms with E-state index in [1.54, 1.807) is 18.2 Å². The Balaban J connectivity index is 0.00000288. The number of hydrogen-bond donors (Lipinski definition) is 3. The van der Waals surface area contributed by atoms with Crippen molar-refractivity contribution in [1.29, 1.82) is 0 Å². The van der Waals surface area contributed by atoms with Crippen molar-refractivity contribution in [2.45, 2.75) is 20.0 Å². The first-order valence-corrected chi connectivity index (χ1v) is 7.32. The van der Waals surface area contributed by atoms with E-state index in [0.29, 0.717) is 24.6 Å². The SMILES string of the molecule is CCNC(=NCc1ccc(O)c(F)c1)NCc1ccc(F)cc1.I. The van der Waals surface area contributed by atoms with Crippen LogP contribution in [0.3, 0.4) is 0 Å². The first kappa shape index (κ1) is 20.1. The second-order valence-electron chi connectivity index (χ2n) is 4.96. The second kappa shape index (κ2) is 10.1. The van der Waals surface area contributed by atoms with E-state index in [1.165, 1.54) is 24.3 Å². The predicted molar refractivity (Wildman–Crippen MR) is 102 cm³/mol. The molecule has 0 aromatic heterocycles. The quantitative estimate of drug-likeness (QED) is 0.374. The van der Waals surface area contributed by atoms with Gasteiger partial charge in [-0.2, -0.15) is 0 Å². The number of aromatic hydroxyl groups is 1. The van der Waals surface area contributed by atoms with Crippen LogP contribution in [0, 0.1) is 11.6 Å². The number of rotatable bonds is 5. The smallest absolute Gasteiger partial charge is 0.191 e. The van der Waals surface area contributed by atoms with E-state index in [1.807, 2.05) is 6.92 Å². The number of nitrogens with one attached hydrogen (secondary N) is 2. The normalized spacial score (nSPS) is 10.9. The van der Waals surface area contributed by atoms with Gasteiger partial charge in [0.25, 0.3) is 0 Å². The van der Waals surface area contributed by atoms with Crippen LogP contribution in [0.5, 0.6) is 5.75 Å². The first-order chi connectivity index (χ1) is 11.1. The summed E-state index contributed by atoms with van der Waals surface area (Å²) >= 11 is 0. The Labute approximate surface area is 157 Å². The molecule has 0 aliphatic heterocycles. The van der Waals surface area contributed by atoms with Gasteiger partial charge in [0.15, 0.2) is 17.5 Å². The van der Waals surface area contributed by atoms with Crippen molar-refractivity contribution in [2.75, 3.05) is 6.54 Å². The minimum Gasteiger partial charge on any atom is -0.505 e. The van der Waals surface area contributed by atoms with E-state index in [2.05, 4.69) is 15.6 Å². The molecule has 0 saturated carbocycles. The Bertz CT molecular complexity index is 678. The molecule has 0 fully saturated rings. The molecule has 7 heteroatoms. The van der Waals surface area contributed by atoms with E-state index in [4.69, 9.17) is 0 Å². The number of benzene rings is 2. The lowest BCUT2D eigenvalue weighted by atomic mass is 10.2. The molecule has 0 aliphatic carbocycles. The van der Waals surface area contributed by atoms with Crippen LogP contribution in [0.2, 0.25) is 0 Å². The third-order valence-corrected chi connectivity index (χ3v) is 3.15. The number of phenolic OH excluding ortho intramolecular Hbond substituents is 1. The van der Waals surface area contributed by atoms with Gasteiger partial charge < -0.3 is 15.7 Å². The van der Waals surface area contributed by atoms with Crippen molar-refractivity contribution in [3.63, 3.8) is 0 Å². The van der Waals surface area contributed by atoms with Gasteiger partial charge in [0.2, 0.25) is 0 Å². The number of phenols is 1. The number of aliphatic imine (C=N–C) groups is 1. The Morgan fingerprint density at radius 2 is 1.71 bits per heavy atom. The molecular formula is C17H20F2IN3O. The molecule has 0 atom stereocenters. The molecule has 0 amide bonds. The van der Waals surface area contributed by atoms with E-state index < -0.39 is 5.82 Å². The summed E-state index contributed by atoms with van der Waals surface area (Å²) in [7, 11) is 0. The summed E-state index contributed by atoms with van der Waals surface area (Å²) < 4.78 is 26.2. The number of nitrogens with zero attached hydrogens (tertiary/aromatic N) is 1. The van der Waals surface area contributed by atoms with E-state index in [0.717, 1.165) is 5.56 Å². The number of halogens is 3. The summed E-state index contributed by atoms with van der Waals surface area (Å²) in [6.07, 6.45) is 0. The average Bonchev–Trinajstić information content (AvgIpc) is 2.55. The molecule has 3 N–H and O–H groups in total. The summed E-state index contributed by atoms with van der Waals surface area (Å²) in [4.78, 5) is 4.36. The maximum absolute atomic E-state index is 13.3. The second-order valence-corrected chi connectivity index (χ2v) is 4.96. The molecule has 2 aromatic rings. The van der Waals surface area contributed by atoms with Gasteiger partial charge in [-0.1, -0.05) is 18.2 Å². The van der Waals surface area contributed by atoms with Crippen LogP contribution in [-0.4, -0.2) is 17.6 Å². The highest BCUT2D eigenvalue weighted by atomic mass is 127. The van der Waals surface area contributed by atoms with Gasteiger partial charge in [0.05, 0.1) is 6.54 Å². The van der Waals surface area contributed by atoms with Gasteiger partial charge in [-0.05, 0) is 42.3 Å². The maximum Gasteiger partial charge on any atom is 0.191 e. The molecule has 130 valence electrons. The fourth-order valence-corrected chi connectivity index (χ4v) is 1.95. The van der Waals surface area contributed by atoms with Crippen molar-refractivity contribution in [2.24, 2.45) is 4.99 Å². The molecule has 2 aromatic carbocycles. The first-order valence-electron chi connectivity index (χ1n) is 7.32. The minimum absolute atomic E-state index is 0. The molecule has 0 aliphatic rings. The molecule has 0 radical (unpaired) electrons. The summed E-state index contributed by atoms with van der Waals surface area (Å²) in [5, 5.41) is 15.4. The van der Waals surface area contributed by atoms with Crippen LogP contribution in [-0.2, 0) is 13.1 Å². The molecular weight excluding hydrogens is 427 g/mol. The average molecular weight is 447 g/mol. The lowest BCUT2D eigenvalue weighted by molar-refractivity contribution is 0.432. The van der Waals surface area contributed by atoms with E-state index in [-0.39, 0.29) is 42.1 Å². The van der Waals surface area contributed by atoms with Crippen molar-refractivity contribution < 1.29 is 13.9 Å². The van der Waals surface area contributed by atoms with Crippen molar-refractivity contribution in [1.82, 2.24) is 10.6 Å². The van der Waals surface area contributed by atoms with Gasteiger partial charge in [-0.15, -0.1) is 24.0 Å². The molecule has 4 nitrogen and oxygen atoms in total. The predicted octanol–water partition coefficient (Wildman–Crippen LogP) is 3.54. The highest BCUT2D eigenvalue weighted by molar-refractivity contribution is 14.0. The van der Waals surface area contributed by atoms with E-state index in [9.17, 15) is 13.9 Å². The van der Waals surface area contributed by atoms with Crippen LogP contribution in [0.15, 0.2) is 47.5 Å². The van der Waals surface area contributed by atoms with Crippen LogP contribution in [0.1, 0.15) is 18.1 Å². The van der Waals surface area contributed by atoms with Crippen LogP contribution in [0.4, 0.5) is 8.78 Å². The summed E-state index contributed by atoms with van der Waals surface area (Å²) in [6, 6.07) is 10.4. The van der Waals surface area contributed by atoms with E-state index >= 15 is 0 Å². The molecule has 0 heterocycles. The number of guanidine groups is 1. The third kappa shape index (κ3) is 6.31. The van der Waals surface area contributed by atoms with Gasteiger partial charge in [0.1, 0.15) is 5.82 Å². The number of hydrogen-bond acceptors (Lipinski definition) is 2. The Morgan fingerprint density at radius 3 is 2.33 bits per heavy atom.